The molecule has 24 heavy (non-hydrogen) atoms. The van der Waals surface area contributed by atoms with Gasteiger partial charge in [-0.2, -0.15) is 4.98 Å². The average molecular weight is 319 g/mol. The SMILES string of the molecule is CCc1ccc(-c2nc(-c3ccc4nnc(CC)n4c3)no2)cc1. The molecule has 120 valence electrons. The first-order valence-electron chi connectivity index (χ1n) is 8.05. The first kappa shape index (κ1) is 14.6. The summed E-state index contributed by atoms with van der Waals surface area (Å²) < 4.78 is 7.39. The van der Waals surface area contributed by atoms with Crippen molar-refractivity contribution in [2.24, 2.45) is 0 Å². The maximum Gasteiger partial charge on any atom is 0.258 e. The highest BCUT2D eigenvalue weighted by atomic mass is 16.5. The van der Waals surface area contributed by atoms with Crippen LogP contribution in [-0.2, 0) is 12.8 Å². The highest BCUT2D eigenvalue weighted by molar-refractivity contribution is 5.61. The monoisotopic (exact) mass is 319 g/mol. The summed E-state index contributed by atoms with van der Waals surface area (Å²) in [6.07, 6.45) is 3.77. The van der Waals surface area contributed by atoms with E-state index >= 15 is 0 Å². The third kappa shape index (κ3) is 2.46. The number of fused-ring (bicyclic) bond motifs is 1. The van der Waals surface area contributed by atoms with Crippen LogP contribution in [0.4, 0.5) is 0 Å². The molecule has 0 N–H and O–H groups in total. The van der Waals surface area contributed by atoms with Crippen LogP contribution in [0.15, 0.2) is 47.1 Å². The second kappa shape index (κ2) is 5.88. The molecule has 6 nitrogen and oxygen atoms in total. The van der Waals surface area contributed by atoms with E-state index in [4.69, 9.17) is 4.52 Å². The summed E-state index contributed by atoms with van der Waals surface area (Å²) in [6, 6.07) is 12.0. The summed E-state index contributed by atoms with van der Waals surface area (Å²) in [5, 5.41) is 12.4. The molecular formula is C18H17N5O. The number of nitrogens with zero attached hydrogens (tertiary/aromatic N) is 5. The van der Waals surface area contributed by atoms with Crippen molar-refractivity contribution in [2.45, 2.75) is 26.7 Å². The zero-order valence-corrected chi connectivity index (χ0v) is 13.6. The summed E-state index contributed by atoms with van der Waals surface area (Å²) in [7, 11) is 0. The molecule has 3 heterocycles. The van der Waals surface area contributed by atoms with Crippen LogP contribution >= 0.6 is 0 Å². The highest BCUT2D eigenvalue weighted by Crippen LogP contribution is 2.23. The van der Waals surface area contributed by atoms with Gasteiger partial charge in [-0.25, -0.2) is 0 Å². The molecule has 0 spiro atoms. The molecular weight excluding hydrogens is 302 g/mol. The summed E-state index contributed by atoms with van der Waals surface area (Å²) in [4.78, 5) is 4.52. The van der Waals surface area contributed by atoms with Crippen molar-refractivity contribution in [1.29, 1.82) is 0 Å². The van der Waals surface area contributed by atoms with Crippen molar-refractivity contribution >= 4 is 5.65 Å². The van der Waals surface area contributed by atoms with E-state index in [1.165, 1.54) is 5.56 Å². The average Bonchev–Trinajstić information content (AvgIpc) is 3.28. The number of hydrogen-bond acceptors (Lipinski definition) is 5. The van der Waals surface area contributed by atoms with Gasteiger partial charge < -0.3 is 4.52 Å². The molecule has 6 heteroatoms. The second-order valence-corrected chi connectivity index (χ2v) is 5.59. The number of hydrogen-bond donors (Lipinski definition) is 0. The first-order valence-corrected chi connectivity index (χ1v) is 8.05. The van der Waals surface area contributed by atoms with E-state index in [0.29, 0.717) is 11.7 Å². The van der Waals surface area contributed by atoms with Gasteiger partial charge in [0.1, 0.15) is 5.82 Å². The molecule has 0 radical (unpaired) electrons. The predicted molar refractivity (Wildman–Crippen MR) is 90.5 cm³/mol. The Bertz CT molecular complexity index is 984. The molecule has 0 fully saturated rings. The number of aromatic nitrogens is 5. The maximum atomic E-state index is 5.43. The maximum absolute atomic E-state index is 5.43. The molecule has 0 amide bonds. The Morgan fingerprint density at radius 1 is 0.917 bits per heavy atom. The highest BCUT2D eigenvalue weighted by Gasteiger charge is 2.12. The van der Waals surface area contributed by atoms with Crippen LogP contribution in [0.5, 0.6) is 0 Å². The van der Waals surface area contributed by atoms with E-state index in [9.17, 15) is 0 Å². The Morgan fingerprint density at radius 2 is 1.71 bits per heavy atom. The summed E-state index contributed by atoms with van der Waals surface area (Å²) in [5.74, 6) is 1.99. The van der Waals surface area contributed by atoms with E-state index in [1.54, 1.807) is 0 Å². The normalized spacial score (nSPS) is 11.2. The molecule has 4 rings (SSSR count). The van der Waals surface area contributed by atoms with E-state index in [2.05, 4.69) is 46.3 Å². The van der Waals surface area contributed by atoms with Gasteiger partial charge in [0.25, 0.3) is 5.89 Å². The zero-order chi connectivity index (χ0) is 16.5. The van der Waals surface area contributed by atoms with Crippen LogP contribution < -0.4 is 0 Å². The first-order chi connectivity index (χ1) is 11.8. The Morgan fingerprint density at radius 3 is 2.46 bits per heavy atom. The lowest BCUT2D eigenvalue weighted by atomic mass is 10.1. The van der Waals surface area contributed by atoms with Crippen LogP contribution in [0, 0.1) is 0 Å². The smallest absolute Gasteiger partial charge is 0.258 e. The van der Waals surface area contributed by atoms with E-state index in [1.807, 2.05) is 34.9 Å². The van der Waals surface area contributed by atoms with E-state index in [0.717, 1.165) is 35.4 Å². The van der Waals surface area contributed by atoms with Crippen LogP contribution in [-0.4, -0.2) is 24.7 Å². The Kier molecular flexibility index (Phi) is 3.57. The van der Waals surface area contributed by atoms with Crippen molar-refractivity contribution in [2.75, 3.05) is 0 Å². The molecule has 0 saturated carbocycles. The van der Waals surface area contributed by atoms with Crippen molar-refractivity contribution < 1.29 is 4.52 Å². The van der Waals surface area contributed by atoms with Crippen molar-refractivity contribution in [1.82, 2.24) is 24.7 Å². The van der Waals surface area contributed by atoms with E-state index < -0.39 is 0 Å². The van der Waals surface area contributed by atoms with Gasteiger partial charge in [0.15, 0.2) is 5.65 Å². The minimum Gasteiger partial charge on any atom is -0.334 e. The fourth-order valence-corrected chi connectivity index (χ4v) is 2.65. The lowest BCUT2D eigenvalue weighted by molar-refractivity contribution is 0.432. The molecule has 1 aromatic carbocycles. The fourth-order valence-electron chi connectivity index (χ4n) is 2.65. The van der Waals surface area contributed by atoms with Gasteiger partial charge in [-0.3, -0.25) is 4.40 Å². The van der Waals surface area contributed by atoms with Crippen LogP contribution in [0.3, 0.4) is 0 Å². The van der Waals surface area contributed by atoms with Crippen molar-refractivity contribution in [3.05, 3.63) is 54.0 Å². The number of pyridine rings is 1. The molecule has 3 aromatic heterocycles. The third-order valence-corrected chi connectivity index (χ3v) is 4.08. The number of rotatable bonds is 4. The predicted octanol–water partition coefficient (Wildman–Crippen LogP) is 3.57. The van der Waals surface area contributed by atoms with Gasteiger partial charge >= 0.3 is 0 Å². The lowest BCUT2D eigenvalue weighted by Gasteiger charge is -1.99. The molecule has 0 aliphatic rings. The minimum atomic E-state index is 0.521. The fraction of sp³-hybridized carbons (Fsp3) is 0.222. The molecule has 4 aromatic rings. The molecule has 0 aliphatic heterocycles. The van der Waals surface area contributed by atoms with Crippen LogP contribution in [0.25, 0.3) is 28.5 Å². The Labute approximate surface area is 139 Å². The lowest BCUT2D eigenvalue weighted by Crippen LogP contribution is -1.93. The third-order valence-electron chi connectivity index (χ3n) is 4.08. The van der Waals surface area contributed by atoms with Crippen molar-refractivity contribution in [3.8, 4) is 22.8 Å². The van der Waals surface area contributed by atoms with Gasteiger partial charge in [-0.05, 0) is 36.2 Å². The van der Waals surface area contributed by atoms with Gasteiger partial charge in [-0.1, -0.05) is 31.1 Å². The molecule has 0 atom stereocenters. The minimum absolute atomic E-state index is 0.521. The summed E-state index contributed by atoms with van der Waals surface area (Å²) in [5.41, 5.74) is 3.89. The molecule has 0 unspecified atom stereocenters. The van der Waals surface area contributed by atoms with Gasteiger partial charge in [0.2, 0.25) is 5.82 Å². The Balaban J connectivity index is 1.71. The van der Waals surface area contributed by atoms with Crippen LogP contribution in [0.1, 0.15) is 25.2 Å². The largest absolute Gasteiger partial charge is 0.334 e. The standard InChI is InChI=1S/C18H17N5O/c1-3-12-5-7-13(8-6-12)18-19-17(22-24-18)14-9-10-16-21-20-15(4-2)23(16)11-14/h5-11H,3-4H2,1-2H3. The van der Waals surface area contributed by atoms with Crippen molar-refractivity contribution in [3.63, 3.8) is 0 Å². The number of aryl methyl sites for hydroxylation is 2. The quantitative estimate of drug-likeness (QED) is 0.575. The molecule has 0 aliphatic carbocycles. The topological polar surface area (TPSA) is 69.1 Å². The summed E-state index contributed by atoms with van der Waals surface area (Å²) in [6.45, 7) is 4.18. The van der Waals surface area contributed by atoms with Crippen LogP contribution in [0.2, 0.25) is 0 Å². The summed E-state index contributed by atoms with van der Waals surface area (Å²) >= 11 is 0. The van der Waals surface area contributed by atoms with Gasteiger partial charge in [0, 0.05) is 23.7 Å². The van der Waals surface area contributed by atoms with Gasteiger partial charge in [-0.15, -0.1) is 10.2 Å². The number of benzene rings is 1. The van der Waals surface area contributed by atoms with Gasteiger partial charge in [0.05, 0.1) is 0 Å². The molecule has 0 bridgehead atoms. The zero-order valence-electron chi connectivity index (χ0n) is 13.6. The molecule has 0 saturated heterocycles. The van der Waals surface area contributed by atoms with E-state index in [-0.39, 0.29) is 0 Å². The second-order valence-electron chi connectivity index (χ2n) is 5.59. The Hall–Kier alpha value is -3.02.